The fourth-order valence-electron chi connectivity index (χ4n) is 4.29. The minimum absolute atomic E-state index is 0.163. The summed E-state index contributed by atoms with van der Waals surface area (Å²) in [6.07, 6.45) is -2.27. The number of ether oxygens (including phenoxy) is 2. The lowest BCUT2D eigenvalue weighted by Crippen LogP contribution is -2.32. The summed E-state index contributed by atoms with van der Waals surface area (Å²) in [5.41, 5.74) is 1.48. The number of rotatable bonds is 7. The van der Waals surface area contributed by atoms with Crippen molar-refractivity contribution in [3.63, 3.8) is 0 Å². The Balaban J connectivity index is 1.54. The molecule has 0 aliphatic carbocycles. The van der Waals surface area contributed by atoms with Gasteiger partial charge in [0.15, 0.2) is 6.61 Å². The van der Waals surface area contributed by atoms with Crippen LogP contribution in [0.25, 0.3) is 0 Å². The molecular weight excluding hydrogens is 544 g/mol. The van der Waals surface area contributed by atoms with E-state index in [0.717, 1.165) is 5.56 Å². The monoisotopic (exact) mass is 564 g/mol. The summed E-state index contributed by atoms with van der Waals surface area (Å²) >= 11 is 12.4. The molecule has 38 heavy (non-hydrogen) atoms. The second kappa shape index (κ2) is 11.5. The fraction of sp³-hybridized carbons (Fsp3) is 0.308. The van der Waals surface area contributed by atoms with Crippen LogP contribution in [-0.4, -0.2) is 52.8 Å². The maximum atomic E-state index is 13.3. The predicted molar refractivity (Wildman–Crippen MR) is 133 cm³/mol. The molecule has 4 rings (SSSR count). The molecule has 3 unspecified atom stereocenters. The highest BCUT2D eigenvalue weighted by Crippen LogP contribution is 2.38. The first-order chi connectivity index (χ1) is 18.0. The molecule has 1 aromatic carbocycles. The molecule has 0 spiro atoms. The predicted octanol–water partition coefficient (Wildman–Crippen LogP) is 5.92. The van der Waals surface area contributed by atoms with Crippen molar-refractivity contribution in [2.45, 2.75) is 25.1 Å². The summed E-state index contributed by atoms with van der Waals surface area (Å²) in [6.45, 7) is 1.06. The number of pyridine rings is 2. The number of benzene rings is 1. The highest BCUT2D eigenvalue weighted by Gasteiger charge is 2.40. The molecule has 1 aliphatic heterocycles. The number of hydrogen-bond donors (Lipinski definition) is 0. The average Bonchev–Trinajstić information content (AvgIpc) is 3.35. The van der Waals surface area contributed by atoms with Crippen LogP contribution < -0.4 is 9.47 Å². The van der Waals surface area contributed by atoms with E-state index in [1.807, 2.05) is 19.1 Å². The van der Waals surface area contributed by atoms with E-state index in [1.54, 1.807) is 29.2 Å². The van der Waals surface area contributed by atoms with Gasteiger partial charge in [-0.25, -0.2) is 9.97 Å². The summed E-state index contributed by atoms with van der Waals surface area (Å²) in [5.74, 6) is -0.562. The van der Waals surface area contributed by atoms with Crippen LogP contribution in [0, 0.1) is 17.2 Å². The van der Waals surface area contributed by atoms with Gasteiger partial charge in [-0.15, -0.1) is 0 Å². The van der Waals surface area contributed by atoms with Crippen LogP contribution in [0.1, 0.15) is 34.3 Å². The Morgan fingerprint density at radius 3 is 2.45 bits per heavy atom. The van der Waals surface area contributed by atoms with Crippen molar-refractivity contribution in [3.05, 3.63) is 81.6 Å². The van der Waals surface area contributed by atoms with Crippen LogP contribution in [0.3, 0.4) is 0 Å². The molecule has 198 valence electrons. The Bertz CT molecular complexity index is 1330. The maximum Gasteiger partial charge on any atom is 0.422 e. The van der Waals surface area contributed by atoms with Gasteiger partial charge in [-0.1, -0.05) is 29.3 Å². The molecule has 0 bridgehead atoms. The molecule has 0 saturated carbocycles. The quantitative estimate of drug-likeness (QED) is 0.354. The van der Waals surface area contributed by atoms with E-state index in [1.165, 1.54) is 24.5 Å². The number of alkyl halides is 3. The normalized spacial score (nSPS) is 18.1. The van der Waals surface area contributed by atoms with Crippen LogP contribution in [0.15, 0.2) is 54.9 Å². The van der Waals surface area contributed by atoms with Crippen molar-refractivity contribution in [3.8, 4) is 17.8 Å². The smallest absolute Gasteiger partial charge is 0.422 e. The summed E-state index contributed by atoms with van der Waals surface area (Å²) in [5, 5.41) is 9.78. The number of aromatic nitrogens is 2. The molecule has 0 radical (unpaired) electrons. The third-order valence-corrected chi connectivity index (χ3v) is 6.91. The van der Waals surface area contributed by atoms with E-state index >= 15 is 0 Å². The van der Waals surface area contributed by atoms with Crippen LogP contribution >= 0.6 is 23.2 Å². The maximum absolute atomic E-state index is 13.3. The minimum atomic E-state index is -4.49. The highest BCUT2D eigenvalue weighted by molar-refractivity contribution is 6.42. The Morgan fingerprint density at radius 1 is 1.11 bits per heavy atom. The molecule has 1 aliphatic rings. The van der Waals surface area contributed by atoms with E-state index in [2.05, 4.69) is 14.7 Å². The second-order valence-corrected chi connectivity index (χ2v) is 9.58. The van der Waals surface area contributed by atoms with Gasteiger partial charge in [0.25, 0.3) is 5.91 Å². The first kappa shape index (κ1) is 27.5. The lowest BCUT2D eigenvalue weighted by atomic mass is 9.86. The summed E-state index contributed by atoms with van der Waals surface area (Å²) in [4.78, 5) is 22.9. The van der Waals surface area contributed by atoms with Gasteiger partial charge in [0.05, 0.1) is 21.2 Å². The summed E-state index contributed by atoms with van der Waals surface area (Å²) in [7, 11) is 0. The van der Waals surface area contributed by atoms with Gasteiger partial charge in [-0.2, -0.15) is 18.4 Å². The van der Waals surface area contributed by atoms with Crippen LogP contribution in [0.2, 0.25) is 10.0 Å². The number of carbonyl (C=O) groups is 1. The highest BCUT2D eigenvalue weighted by atomic mass is 35.5. The minimum Gasteiger partial charge on any atom is -0.474 e. The van der Waals surface area contributed by atoms with Crippen molar-refractivity contribution in [1.82, 2.24) is 14.9 Å². The van der Waals surface area contributed by atoms with Gasteiger partial charge < -0.3 is 14.4 Å². The topological polar surface area (TPSA) is 88.3 Å². The molecule has 1 amide bonds. The number of carbonyl (C=O) groups excluding carboxylic acids is 1. The van der Waals surface area contributed by atoms with Crippen LogP contribution in [0.5, 0.6) is 11.8 Å². The first-order valence-corrected chi connectivity index (χ1v) is 12.2. The number of nitriles is 1. The van der Waals surface area contributed by atoms with E-state index < -0.39 is 12.8 Å². The molecule has 3 heterocycles. The Labute approximate surface area is 226 Å². The van der Waals surface area contributed by atoms with E-state index in [0.29, 0.717) is 34.6 Å². The second-order valence-electron chi connectivity index (χ2n) is 8.76. The molecule has 1 saturated heterocycles. The number of hydrogen-bond acceptors (Lipinski definition) is 6. The largest absolute Gasteiger partial charge is 0.474 e. The molecule has 3 atom stereocenters. The van der Waals surface area contributed by atoms with Gasteiger partial charge in [0.1, 0.15) is 12.2 Å². The zero-order valence-corrected chi connectivity index (χ0v) is 21.5. The number of nitrogens with zero attached hydrogens (tertiary/aromatic N) is 4. The van der Waals surface area contributed by atoms with Gasteiger partial charge in [-0.3, -0.25) is 4.79 Å². The van der Waals surface area contributed by atoms with Crippen molar-refractivity contribution < 1.29 is 27.4 Å². The fourth-order valence-corrected chi connectivity index (χ4v) is 4.60. The van der Waals surface area contributed by atoms with Gasteiger partial charge in [-0.05, 0) is 36.8 Å². The van der Waals surface area contributed by atoms with Gasteiger partial charge in [0, 0.05) is 49.5 Å². The van der Waals surface area contributed by atoms with Crippen LogP contribution in [-0.2, 0) is 0 Å². The molecule has 0 N–H and O–H groups in total. The van der Waals surface area contributed by atoms with E-state index in [4.69, 9.17) is 33.2 Å². The number of likely N-dealkylation sites (tertiary alicyclic amines) is 1. The Morgan fingerprint density at radius 2 is 1.84 bits per heavy atom. The van der Waals surface area contributed by atoms with Crippen molar-refractivity contribution in [2.75, 3.05) is 19.7 Å². The molecule has 2 aromatic heterocycles. The van der Waals surface area contributed by atoms with E-state index in [-0.39, 0.29) is 35.3 Å². The molecule has 1 fully saturated rings. The van der Waals surface area contributed by atoms with Gasteiger partial charge >= 0.3 is 6.18 Å². The molecule has 12 heteroatoms. The SMILES string of the molecule is CC(Oc1ccc(C#N)cn1)C1CN(C(=O)c2ccc(OCC(F)(F)F)nc2)CC1c1ccc(Cl)c(Cl)c1. The standard InChI is InChI=1S/C26H21Cl2F3N4O3/c1-15(38-24-6-2-16(9-32)10-33-24)19-12-35(13-20(19)17-3-5-21(27)22(28)8-17)25(36)18-4-7-23(34-11-18)37-14-26(29,30)31/h2-8,10-11,15,19-20H,12-14H2,1H3. The van der Waals surface area contributed by atoms with Crippen molar-refractivity contribution >= 4 is 29.1 Å². The average molecular weight is 565 g/mol. The van der Waals surface area contributed by atoms with Crippen LogP contribution in [0.4, 0.5) is 13.2 Å². The molecular formula is C26H21Cl2F3N4O3. The Hall–Kier alpha value is -3.55. The molecule has 3 aromatic rings. The molecule has 7 nitrogen and oxygen atoms in total. The van der Waals surface area contributed by atoms with E-state index in [9.17, 15) is 18.0 Å². The number of halogens is 5. The third-order valence-electron chi connectivity index (χ3n) is 6.17. The first-order valence-electron chi connectivity index (χ1n) is 11.5. The zero-order valence-electron chi connectivity index (χ0n) is 20.0. The van der Waals surface area contributed by atoms with Crippen molar-refractivity contribution in [1.29, 1.82) is 5.26 Å². The zero-order chi connectivity index (χ0) is 27.4. The Kier molecular flexibility index (Phi) is 8.29. The van der Waals surface area contributed by atoms with Crippen molar-refractivity contribution in [2.24, 2.45) is 5.92 Å². The third kappa shape index (κ3) is 6.65. The van der Waals surface area contributed by atoms with Gasteiger partial charge in [0.2, 0.25) is 11.8 Å². The summed E-state index contributed by atoms with van der Waals surface area (Å²) < 4.78 is 47.9. The lowest BCUT2D eigenvalue weighted by Gasteiger charge is -2.25. The summed E-state index contributed by atoms with van der Waals surface area (Å²) in [6, 6.07) is 13.1. The number of amides is 1. The lowest BCUT2D eigenvalue weighted by molar-refractivity contribution is -0.154.